The van der Waals surface area contributed by atoms with Crippen LogP contribution in [0.2, 0.25) is 0 Å². The smallest absolute Gasteiger partial charge is 0.276 e. The number of nitrogens with zero attached hydrogens (tertiary/aromatic N) is 2. The minimum absolute atomic E-state index is 0.0215. The predicted molar refractivity (Wildman–Crippen MR) is 61.6 cm³/mol. The molecule has 0 fully saturated rings. The molecule has 1 aromatic heterocycles. The van der Waals surface area contributed by atoms with Gasteiger partial charge >= 0.3 is 0 Å². The minimum atomic E-state index is -0.832. The third-order valence-corrected chi connectivity index (χ3v) is 2.35. The lowest BCUT2D eigenvalue weighted by molar-refractivity contribution is -0.385. The summed E-state index contributed by atoms with van der Waals surface area (Å²) in [5, 5.41) is 10.8. The van der Waals surface area contributed by atoms with E-state index in [1.165, 1.54) is 18.3 Å². The molecule has 5 nitrogen and oxygen atoms in total. The molecule has 2 aromatic rings. The fourth-order valence-electron chi connectivity index (χ4n) is 1.48. The highest BCUT2D eigenvalue weighted by molar-refractivity contribution is 5.40. The number of nitro groups is 1. The van der Waals surface area contributed by atoms with E-state index in [1.807, 2.05) is 0 Å². The Balaban J connectivity index is 2.22. The zero-order chi connectivity index (χ0) is 13.8. The summed E-state index contributed by atoms with van der Waals surface area (Å²) in [5.74, 6) is -1.61. The van der Waals surface area contributed by atoms with Gasteiger partial charge in [0.1, 0.15) is 12.4 Å². The second-order valence-electron chi connectivity index (χ2n) is 3.61. The van der Waals surface area contributed by atoms with Crippen molar-refractivity contribution in [3.63, 3.8) is 0 Å². The van der Waals surface area contributed by atoms with Crippen LogP contribution in [0.4, 0.5) is 14.5 Å². The van der Waals surface area contributed by atoms with Gasteiger partial charge in [0.25, 0.3) is 11.6 Å². The van der Waals surface area contributed by atoms with Crippen molar-refractivity contribution in [3.8, 4) is 5.75 Å². The van der Waals surface area contributed by atoms with Gasteiger partial charge in [-0.15, -0.1) is 0 Å². The number of nitro benzene ring substituents is 1. The van der Waals surface area contributed by atoms with E-state index in [4.69, 9.17) is 4.74 Å². The molecule has 0 atom stereocenters. The van der Waals surface area contributed by atoms with E-state index in [2.05, 4.69) is 4.98 Å². The molecular weight excluding hydrogens is 258 g/mol. The highest BCUT2D eigenvalue weighted by atomic mass is 19.1. The maximum atomic E-state index is 13.2. The van der Waals surface area contributed by atoms with Crippen LogP contribution in [0.3, 0.4) is 0 Å². The van der Waals surface area contributed by atoms with Crippen molar-refractivity contribution in [3.05, 3.63) is 64.0 Å². The number of pyridine rings is 1. The van der Waals surface area contributed by atoms with Crippen LogP contribution in [0.1, 0.15) is 5.56 Å². The van der Waals surface area contributed by atoms with Crippen molar-refractivity contribution < 1.29 is 18.4 Å². The van der Waals surface area contributed by atoms with Crippen LogP contribution in [-0.2, 0) is 6.61 Å². The summed E-state index contributed by atoms with van der Waals surface area (Å²) in [6.45, 7) is -0.323. The summed E-state index contributed by atoms with van der Waals surface area (Å²) in [6, 6.07) is 5.78. The Hall–Kier alpha value is -2.57. The van der Waals surface area contributed by atoms with Crippen LogP contribution in [0, 0.1) is 21.9 Å². The number of benzene rings is 1. The normalized spacial score (nSPS) is 10.2. The fourth-order valence-corrected chi connectivity index (χ4v) is 1.48. The van der Waals surface area contributed by atoms with Gasteiger partial charge in [-0.3, -0.25) is 10.1 Å². The molecule has 1 heterocycles. The van der Waals surface area contributed by atoms with Crippen LogP contribution >= 0.6 is 0 Å². The van der Waals surface area contributed by atoms with Gasteiger partial charge in [0.05, 0.1) is 10.5 Å². The maximum absolute atomic E-state index is 13.2. The molecule has 98 valence electrons. The molecule has 0 amide bonds. The Morgan fingerprint density at radius 3 is 2.79 bits per heavy atom. The summed E-state index contributed by atoms with van der Waals surface area (Å²) in [6.07, 6.45) is 1.24. The molecule has 0 unspecified atom stereocenters. The summed E-state index contributed by atoms with van der Waals surface area (Å²) in [4.78, 5) is 13.5. The Kier molecular flexibility index (Phi) is 3.65. The zero-order valence-electron chi connectivity index (χ0n) is 9.55. The van der Waals surface area contributed by atoms with Crippen LogP contribution < -0.4 is 4.74 Å². The lowest BCUT2D eigenvalue weighted by Gasteiger charge is -2.07. The number of hydrogen-bond acceptors (Lipinski definition) is 4. The highest BCUT2D eigenvalue weighted by Crippen LogP contribution is 2.22. The van der Waals surface area contributed by atoms with E-state index in [0.29, 0.717) is 0 Å². The summed E-state index contributed by atoms with van der Waals surface area (Å²) in [7, 11) is 0. The number of aromatic nitrogens is 1. The molecule has 0 aliphatic rings. The van der Waals surface area contributed by atoms with Gasteiger partial charge in [-0.05, 0) is 24.3 Å². The molecular formula is C12H8F2N2O3. The monoisotopic (exact) mass is 266 g/mol. The topological polar surface area (TPSA) is 65.3 Å². The lowest BCUT2D eigenvalue weighted by Crippen LogP contribution is -2.02. The maximum Gasteiger partial charge on any atom is 0.276 e. The molecule has 0 radical (unpaired) electrons. The first kappa shape index (κ1) is 12.9. The molecule has 0 bridgehead atoms. The van der Waals surface area contributed by atoms with Crippen LogP contribution in [0.15, 0.2) is 36.5 Å². The van der Waals surface area contributed by atoms with Crippen molar-refractivity contribution in [1.82, 2.24) is 4.98 Å². The first-order valence-electron chi connectivity index (χ1n) is 5.24. The molecule has 7 heteroatoms. The van der Waals surface area contributed by atoms with Crippen LogP contribution in [0.25, 0.3) is 0 Å². The third-order valence-electron chi connectivity index (χ3n) is 2.35. The quantitative estimate of drug-likeness (QED) is 0.485. The van der Waals surface area contributed by atoms with Gasteiger partial charge in [0.15, 0.2) is 5.75 Å². The Morgan fingerprint density at radius 1 is 1.32 bits per heavy atom. The van der Waals surface area contributed by atoms with Gasteiger partial charge in [-0.25, -0.2) is 9.37 Å². The van der Waals surface area contributed by atoms with E-state index in [0.717, 1.165) is 18.2 Å². The number of halogens is 2. The molecule has 0 saturated heterocycles. The van der Waals surface area contributed by atoms with Crippen LogP contribution in [0.5, 0.6) is 5.75 Å². The van der Waals surface area contributed by atoms with Crippen molar-refractivity contribution in [2.75, 3.05) is 0 Å². The first-order valence-corrected chi connectivity index (χ1v) is 5.24. The van der Waals surface area contributed by atoms with E-state index in [1.54, 1.807) is 0 Å². The summed E-state index contributed by atoms with van der Waals surface area (Å²) in [5.41, 5.74) is -0.265. The second kappa shape index (κ2) is 5.38. The number of ether oxygens (including phenoxy) is 1. The highest BCUT2D eigenvalue weighted by Gasteiger charge is 2.15. The Bertz CT molecular complexity index is 620. The predicted octanol–water partition coefficient (Wildman–Crippen LogP) is 2.85. The Labute approximate surface area is 106 Å². The summed E-state index contributed by atoms with van der Waals surface area (Å²) >= 11 is 0. The lowest BCUT2D eigenvalue weighted by atomic mass is 10.2. The van der Waals surface area contributed by atoms with Crippen LogP contribution in [-0.4, -0.2) is 9.91 Å². The molecule has 1 aromatic carbocycles. The average Bonchev–Trinajstić information content (AvgIpc) is 2.37. The average molecular weight is 266 g/mol. The first-order chi connectivity index (χ1) is 9.08. The van der Waals surface area contributed by atoms with E-state index < -0.39 is 16.7 Å². The minimum Gasteiger partial charge on any atom is -0.484 e. The van der Waals surface area contributed by atoms with Crippen molar-refractivity contribution in [2.45, 2.75) is 6.61 Å². The third kappa shape index (κ3) is 3.01. The molecule has 0 N–H and O–H groups in total. The second-order valence-corrected chi connectivity index (χ2v) is 3.61. The van der Waals surface area contributed by atoms with Gasteiger partial charge in [0.2, 0.25) is 0 Å². The van der Waals surface area contributed by atoms with Gasteiger partial charge < -0.3 is 4.74 Å². The van der Waals surface area contributed by atoms with Gasteiger partial charge in [0, 0.05) is 12.3 Å². The van der Waals surface area contributed by atoms with Gasteiger partial charge in [-0.1, -0.05) is 0 Å². The van der Waals surface area contributed by atoms with Crippen molar-refractivity contribution in [2.24, 2.45) is 0 Å². The standard InChI is InChI=1S/C12H8F2N2O3/c13-9-3-4-10(16(17)18)8(6-9)7-19-11-2-1-5-15-12(11)14/h1-6H,7H2. The van der Waals surface area contributed by atoms with Crippen molar-refractivity contribution >= 4 is 5.69 Å². The number of hydrogen-bond donors (Lipinski definition) is 0. The fraction of sp³-hybridized carbons (Fsp3) is 0.0833. The van der Waals surface area contributed by atoms with E-state index in [9.17, 15) is 18.9 Å². The zero-order valence-corrected chi connectivity index (χ0v) is 9.55. The molecule has 0 aliphatic heterocycles. The molecule has 0 saturated carbocycles. The molecule has 2 rings (SSSR count). The molecule has 0 aliphatic carbocycles. The number of rotatable bonds is 4. The summed E-state index contributed by atoms with van der Waals surface area (Å²) < 4.78 is 31.3. The van der Waals surface area contributed by atoms with E-state index in [-0.39, 0.29) is 23.6 Å². The molecule has 19 heavy (non-hydrogen) atoms. The Morgan fingerprint density at radius 2 is 2.11 bits per heavy atom. The van der Waals surface area contributed by atoms with E-state index >= 15 is 0 Å². The SMILES string of the molecule is O=[N+]([O-])c1ccc(F)cc1COc1cccnc1F. The van der Waals surface area contributed by atoms with Crippen molar-refractivity contribution in [1.29, 1.82) is 0 Å². The van der Waals surface area contributed by atoms with Gasteiger partial charge in [-0.2, -0.15) is 4.39 Å². The largest absolute Gasteiger partial charge is 0.484 e. The molecule has 0 spiro atoms.